The Bertz CT molecular complexity index is 567. The zero-order valence-corrected chi connectivity index (χ0v) is 10.4. The molecule has 1 fully saturated rings. The van der Waals surface area contributed by atoms with Gasteiger partial charge in [0, 0.05) is 13.0 Å². The molecule has 1 aliphatic rings. The molecule has 2 rings (SSSR count). The van der Waals surface area contributed by atoms with E-state index < -0.39 is 28.1 Å². The van der Waals surface area contributed by atoms with Crippen LogP contribution in [0.4, 0.5) is 0 Å². The van der Waals surface area contributed by atoms with Crippen molar-refractivity contribution in [3.05, 3.63) is 11.9 Å². The molecule has 18 heavy (non-hydrogen) atoms. The van der Waals surface area contributed by atoms with Crippen LogP contribution in [0.3, 0.4) is 0 Å². The Morgan fingerprint density at radius 2 is 2.28 bits per heavy atom. The summed E-state index contributed by atoms with van der Waals surface area (Å²) in [7, 11) is -3.95. The van der Waals surface area contributed by atoms with Crippen molar-refractivity contribution in [3.63, 3.8) is 0 Å². The number of sulfonamides is 1. The number of nitrogens with zero attached hydrogens (tertiary/aromatic N) is 2. The molecule has 3 N–H and O–H groups in total. The van der Waals surface area contributed by atoms with E-state index in [1.54, 1.807) is 0 Å². The minimum atomic E-state index is -3.95. The molecule has 1 aromatic heterocycles. The quantitative estimate of drug-likeness (QED) is 0.645. The molecule has 1 aliphatic heterocycles. The van der Waals surface area contributed by atoms with Gasteiger partial charge in [-0.3, -0.25) is 9.89 Å². The molecule has 0 unspecified atom stereocenters. The third kappa shape index (κ3) is 2.00. The number of β-amino-alcohol motifs (C(OH)–C–C–N with tert-alkyl or cyclic N) is 1. The van der Waals surface area contributed by atoms with Crippen molar-refractivity contribution in [1.82, 2.24) is 14.5 Å². The number of hydrogen-bond acceptors (Lipinski definition) is 5. The zero-order chi connectivity index (χ0) is 13.5. The number of aliphatic hydroxyl groups is 1. The van der Waals surface area contributed by atoms with Gasteiger partial charge in [0.2, 0.25) is 10.0 Å². The van der Waals surface area contributed by atoms with Crippen LogP contribution in [0.25, 0.3) is 0 Å². The minimum Gasteiger partial charge on any atom is -0.480 e. The van der Waals surface area contributed by atoms with E-state index in [1.807, 2.05) is 0 Å². The molecule has 0 saturated carbocycles. The first-order valence-corrected chi connectivity index (χ1v) is 6.70. The smallest absolute Gasteiger partial charge is 0.322 e. The average molecular weight is 275 g/mol. The third-order valence-corrected chi connectivity index (χ3v) is 4.88. The van der Waals surface area contributed by atoms with Gasteiger partial charge in [-0.05, 0) is 6.92 Å². The summed E-state index contributed by atoms with van der Waals surface area (Å²) in [5, 5.41) is 24.5. The van der Waals surface area contributed by atoms with E-state index >= 15 is 0 Å². The van der Waals surface area contributed by atoms with Crippen LogP contribution >= 0.6 is 0 Å². The van der Waals surface area contributed by atoms with Gasteiger partial charge in [0.25, 0.3) is 0 Å². The average Bonchev–Trinajstić information content (AvgIpc) is 2.84. The summed E-state index contributed by atoms with van der Waals surface area (Å²) in [6.07, 6.45) is 0.0628. The van der Waals surface area contributed by atoms with Crippen molar-refractivity contribution in [2.45, 2.75) is 30.4 Å². The maximum Gasteiger partial charge on any atom is 0.322 e. The van der Waals surface area contributed by atoms with Crippen LogP contribution in [-0.4, -0.2) is 57.8 Å². The number of aliphatic carboxylic acids is 1. The summed E-state index contributed by atoms with van der Waals surface area (Å²) < 4.78 is 25.3. The Hall–Kier alpha value is -1.45. The molecule has 1 aromatic rings. The minimum absolute atomic E-state index is 0.0668. The van der Waals surface area contributed by atoms with Gasteiger partial charge < -0.3 is 10.2 Å². The van der Waals surface area contributed by atoms with Crippen molar-refractivity contribution in [3.8, 4) is 0 Å². The van der Waals surface area contributed by atoms with E-state index in [9.17, 15) is 18.3 Å². The highest BCUT2D eigenvalue weighted by Gasteiger charge is 2.44. The molecule has 2 atom stereocenters. The highest BCUT2D eigenvalue weighted by atomic mass is 32.2. The first-order valence-electron chi connectivity index (χ1n) is 5.26. The summed E-state index contributed by atoms with van der Waals surface area (Å²) in [6.45, 7) is 1.31. The summed E-state index contributed by atoms with van der Waals surface area (Å²) in [5.74, 6) is -1.27. The van der Waals surface area contributed by atoms with Crippen LogP contribution < -0.4 is 0 Å². The van der Waals surface area contributed by atoms with Gasteiger partial charge in [-0.1, -0.05) is 0 Å². The number of H-pyrrole nitrogens is 1. The fraction of sp³-hybridized carbons (Fsp3) is 0.556. The molecule has 0 aromatic carbocycles. The lowest BCUT2D eigenvalue weighted by molar-refractivity contribution is -0.140. The summed E-state index contributed by atoms with van der Waals surface area (Å²) in [4.78, 5) is 11.0. The number of aromatic amines is 1. The predicted molar refractivity (Wildman–Crippen MR) is 59.3 cm³/mol. The molecule has 100 valence electrons. The van der Waals surface area contributed by atoms with Crippen LogP contribution in [0, 0.1) is 6.92 Å². The Morgan fingerprint density at radius 3 is 2.78 bits per heavy atom. The third-order valence-electron chi connectivity index (χ3n) is 2.89. The number of carboxylic acid groups (broad SMARTS) is 1. The van der Waals surface area contributed by atoms with E-state index in [4.69, 9.17) is 5.11 Å². The molecule has 0 spiro atoms. The normalized spacial score (nSPS) is 25.4. The first kappa shape index (κ1) is 13.0. The maximum absolute atomic E-state index is 12.3. The standard InChI is InChI=1S/C9H13N3O5S/c1-5-8(3-10-11-5)18(16,17)12-4-6(13)2-7(12)9(14)15/h3,6-7,13H,2,4H2,1H3,(H,10,11)(H,14,15)/t6-,7-/m0/s1. The number of nitrogens with one attached hydrogen (secondary N) is 1. The topological polar surface area (TPSA) is 124 Å². The van der Waals surface area contributed by atoms with Crippen LogP contribution in [0.2, 0.25) is 0 Å². The van der Waals surface area contributed by atoms with Gasteiger partial charge in [-0.2, -0.15) is 9.40 Å². The molecular weight excluding hydrogens is 262 g/mol. The van der Waals surface area contributed by atoms with Crippen LogP contribution in [0.15, 0.2) is 11.1 Å². The van der Waals surface area contributed by atoms with Crippen molar-refractivity contribution < 1.29 is 23.4 Å². The van der Waals surface area contributed by atoms with Crippen LogP contribution in [0.5, 0.6) is 0 Å². The number of carboxylic acids is 1. The Balaban J connectivity index is 2.41. The lowest BCUT2D eigenvalue weighted by Crippen LogP contribution is -2.40. The molecule has 2 heterocycles. The van der Waals surface area contributed by atoms with Gasteiger partial charge in [0.1, 0.15) is 10.9 Å². The van der Waals surface area contributed by atoms with E-state index in [0.717, 1.165) is 10.5 Å². The summed E-state index contributed by atoms with van der Waals surface area (Å²) in [5.41, 5.74) is 0.334. The first-order chi connectivity index (χ1) is 8.34. The van der Waals surface area contributed by atoms with E-state index in [-0.39, 0.29) is 17.9 Å². The van der Waals surface area contributed by atoms with Crippen molar-refractivity contribution in [2.75, 3.05) is 6.54 Å². The number of aromatic nitrogens is 2. The summed E-state index contributed by atoms with van der Waals surface area (Å²) >= 11 is 0. The Morgan fingerprint density at radius 1 is 1.61 bits per heavy atom. The Labute approximate surface area is 103 Å². The second-order valence-corrected chi connectivity index (χ2v) is 6.04. The van der Waals surface area contributed by atoms with Crippen LogP contribution in [-0.2, 0) is 14.8 Å². The largest absolute Gasteiger partial charge is 0.480 e. The molecule has 1 saturated heterocycles. The highest BCUT2D eigenvalue weighted by Crippen LogP contribution is 2.27. The lowest BCUT2D eigenvalue weighted by atomic mass is 10.2. The molecule has 0 aliphatic carbocycles. The molecule has 0 radical (unpaired) electrons. The molecular formula is C9H13N3O5S. The SMILES string of the molecule is Cc1[nH]ncc1S(=O)(=O)N1C[C@@H](O)C[C@H]1C(=O)O. The molecule has 0 amide bonds. The van der Waals surface area contributed by atoms with E-state index in [2.05, 4.69) is 10.2 Å². The van der Waals surface area contributed by atoms with Crippen molar-refractivity contribution in [1.29, 1.82) is 0 Å². The van der Waals surface area contributed by atoms with Crippen molar-refractivity contribution >= 4 is 16.0 Å². The number of rotatable bonds is 3. The van der Waals surface area contributed by atoms with Gasteiger partial charge in [-0.15, -0.1) is 0 Å². The molecule has 9 heteroatoms. The van der Waals surface area contributed by atoms with Gasteiger partial charge in [0.15, 0.2) is 0 Å². The van der Waals surface area contributed by atoms with Gasteiger partial charge in [-0.25, -0.2) is 8.42 Å². The molecule has 0 bridgehead atoms. The van der Waals surface area contributed by atoms with E-state index in [0.29, 0.717) is 5.69 Å². The van der Waals surface area contributed by atoms with Gasteiger partial charge in [0.05, 0.1) is 18.0 Å². The fourth-order valence-corrected chi connectivity index (χ4v) is 3.75. The number of aliphatic hydroxyl groups excluding tert-OH is 1. The van der Waals surface area contributed by atoms with Crippen molar-refractivity contribution in [2.24, 2.45) is 0 Å². The van der Waals surface area contributed by atoms with Crippen LogP contribution in [0.1, 0.15) is 12.1 Å². The lowest BCUT2D eigenvalue weighted by Gasteiger charge is -2.20. The summed E-state index contributed by atoms with van der Waals surface area (Å²) in [6, 6.07) is -1.24. The zero-order valence-electron chi connectivity index (χ0n) is 9.57. The second-order valence-electron chi connectivity index (χ2n) is 4.18. The number of carbonyl (C=O) groups is 1. The maximum atomic E-state index is 12.3. The Kier molecular flexibility index (Phi) is 3.13. The number of hydrogen-bond donors (Lipinski definition) is 3. The second kappa shape index (κ2) is 4.34. The molecule has 8 nitrogen and oxygen atoms in total. The van der Waals surface area contributed by atoms with Gasteiger partial charge >= 0.3 is 5.97 Å². The fourth-order valence-electron chi connectivity index (χ4n) is 2.00. The van der Waals surface area contributed by atoms with E-state index in [1.165, 1.54) is 6.92 Å². The highest BCUT2D eigenvalue weighted by molar-refractivity contribution is 7.89. The number of aryl methyl sites for hydroxylation is 1. The monoisotopic (exact) mass is 275 g/mol. The predicted octanol–water partition coefficient (Wildman–Crippen LogP) is -1.07.